The molecule has 2 aromatic rings. The summed E-state index contributed by atoms with van der Waals surface area (Å²) in [5, 5.41) is 0. The average molecular weight is 537 g/mol. The van der Waals surface area contributed by atoms with Gasteiger partial charge in [0.2, 0.25) is 5.91 Å². The van der Waals surface area contributed by atoms with E-state index in [1.807, 2.05) is 0 Å². The van der Waals surface area contributed by atoms with Gasteiger partial charge in [-0.2, -0.15) is 0 Å². The number of amides is 2. The number of fused-ring (bicyclic) bond motifs is 1. The van der Waals surface area contributed by atoms with Crippen LogP contribution in [0, 0.1) is 0 Å². The van der Waals surface area contributed by atoms with Crippen molar-refractivity contribution >= 4 is 29.2 Å². The molecule has 208 valence electrons. The van der Waals surface area contributed by atoms with Crippen LogP contribution in [-0.4, -0.2) is 82.1 Å². The van der Waals surface area contributed by atoms with Crippen molar-refractivity contribution in [2.75, 3.05) is 28.2 Å². The van der Waals surface area contributed by atoms with Crippen LogP contribution >= 0.6 is 0 Å². The van der Waals surface area contributed by atoms with Crippen molar-refractivity contribution in [3.8, 4) is 0 Å². The third-order valence-electron chi connectivity index (χ3n) is 6.18. The van der Waals surface area contributed by atoms with Gasteiger partial charge < -0.3 is 19.1 Å². The van der Waals surface area contributed by atoms with Gasteiger partial charge >= 0.3 is 6.09 Å². The lowest BCUT2D eigenvalue weighted by Crippen LogP contribution is -2.35. The minimum absolute atomic E-state index is 0.184. The Balaban J connectivity index is 1.73. The summed E-state index contributed by atoms with van der Waals surface area (Å²) in [6.07, 6.45) is 7.18. The van der Waals surface area contributed by atoms with Crippen LogP contribution in [-0.2, 0) is 40.1 Å². The Morgan fingerprint density at radius 2 is 1.92 bits per heavy atom. The number of carbonyl (C=O) groups is 3. The minimum atomic E-state index is -1.06. The fraction of sp³-hybridized carbons (Fsp3) is 0.464. The summed E-state index contributed by atoms with van der Waals surface area (Å²) < 4.78 is 6.94. The normalized spacial score (nSPS) is 13.1. The monoisotopic (exact) mass is 536 g/mol. The second-order valence-electron chi connectivity index (χ2n) is 9.81. The first-order chi connectivity index (χ1) is 18.6. The summed E-state index contributed by atoms with van der Waals surface area (Å²) in [6, 6.07) is 3.32. The summed E-state index contributed by atoms with van der Waals surface area (Å²) in [4.78, 5) is 66.5. The van der Waals surface area contributed by atoms with Gasteiger partial charge in [-0.3, -0.25) is 19.4 Å². The van der Waals surface area contributed by atoms with Crippen LogP contribution in [0.4, 0.5) is 10.5 Å². The van der Waals surface area contributed by atoms with Gasteiger partial charge in [0.1, 0.15) is 12.0 Å². The van der Waals surface area contributed by atoms with Crippen molar-refractivity contribution in [2.24, 2.45) is 4.99 Å². The molecule has 0 saturated heterocycles. The maximum Gasteiger partial charge on any atom is 0.409 e. The first-order valence-corrected chi connectivity index (χ1v) is 13.0. The predicted molar refractivity (Wildman–Crippen MR) is 147 cm³/mol. The number of rotatable bonds is 12. The molecular formula is C28H36N6O5. The minimum Gasteiger partial charge on any atom is -0.438 e. The zero-order valence-electron chi connectivity index (χ0n) is 23.2. The van der Waals surface area contributed by atoms with E-state index in [1.54, 1.807) is 44.8 Å². The quantitative estimate of drug-likeness (QED) is 0.382. The predicted octanol–water partition coefficient (Wildman–Crippen LogP) is 2.52. The molecule has 0 unspecified atom stereocenters. The van der Waals surface area contributed by atoms with Crippen LogP contribution in [0.25, 0.3) is 0 Å². The molecule has 3 heterocycles. The van der Waals surface area contributed by atoms with Gasteiger partial charge in [0.15, 0.2) is 11.9 Å². The highest BCUT2D eigenvalue weighted by atomic mass is 16.6. The number of carbonyl (C=O) groups excluding carboxylic acids is 3. The standard InChI is InChI=1S/C28H36N6O5/c1-6-10-21-26-22(30-18-29-21)16-20(31-26)17-34-14-9-11-19(27(34)37)15-23(35)24(39-28(38)33(4)5)12-7-8-13-25(36)32(2)3/h8-9,11,13-14,18,24H,6-7,10,12,15-17H2,1-5H3/b13-8+/t24-/m0/s1. The molecule has 0 spiro atoms. The highest BCUT2D eigenvalue weighted by Crippen LogP contribution is 2.28. The summed E-state index contributed by atoms with van der Waals surface area (Å²) in [7, 11) is 6.33. The highest BCUT2D eigenvalue weighted by Gasteiger charge is 2.25. The summed E-state index contributed by atoms with van der Waals surface area (Å²) in [5.74, 6) is -0.575. The van der Waals surface area contributed by atoms with Crippen molar-refractivity contribution in [1.82, 2.24) is 24.3 Å². The number of likely N-dealkylation sites (N-methyl/N-ethyl adjacent to an activating group) is 1. The molecule has 1 aliphatic rings. The first kappa shape index (κ1) is 29.4. The van der Waals surface area contributed by atoms with E-state index in [1.165, 1.54) is 34.5 Å². The molecule has 2 amide bonds. The number of Topliss-reactive ketones (excluding diaryl/α,β-unsaturated/α-hetero) is 1. The van der Waals surface area contributed by atoms with Crippen LogP contribution in [0.5, 0.6) is 0 Å². The smallest absolute Gasteiger partial charge is 0.409 e. The van der Waals surface area contributed by atoms with E-state index in [2.05, 4.69) is 16.9 Å². The first-order valence-electron chi connectivity index (χ1n) is 13.0. The van der Waals surface area contributed by atoms with Crippen LogP contribution in [0.2, 0.25) is 0 Å². The van der Waals surface area contributed by atoms with Gasteiger partial charge in [0.05, 0.1) is 17.9 Å². The number of hydrogen-bond donors (Lipinski definition) is 0. The zero-order chi connectivity index (χ0) is 28.5. The molecule has 0 N–H and O–H groups in total. The average Bonchev–Trinajstić information content (AvgIpc) is 3.31. The Morgan fingerprint density at radius 3 is 2.62 bits per heavy atom. The topological polar surface area (TPSA) is 127 Å². The number of ketones is 1. The number of hydrogen-bond acceptors (Lipinski definition) is 8. The highest BCUT2D eigenvalue weighted by molar-refractivity contribution is 5.93. The summed E-state index contributed by atoms with van der Waals surface area (Å²) in [5.41, 5.74) is 3.34. The lowest BCUT2D eigenvalue weighted by molar-refractivity contribution is -0.127. The Kier molecular flexibility index (Phi) is 10.2. The lowest BCUT2D eigenvalue weighted by atomic mass is 10.0. The van der Waals surface area contributed by atoms with Crippen LogP contribution in [0.3, 0.4) is 0 Å². The molecule has 0 bridgehead atoms. The molecule has 1 atom stereocenters. The molecule has 1 aliphatic heterocycles. The number of pyridine rings is 1. The number of nitrogens with zero attached hydrogens (tertiary/aromatic N) is 6. The fourth-order valence-electron chi connectivity index (χ4n) is 4.05. The molecule has 11 nitrogen and oxygen atoms in total. The van der Waals surface area contributed by atoms with E-state index >= 15 is 0 Å². The van der Waals surface area contributed by atoms with Gasteiger partial charge in [-0.25, -0.2) is 14.8 Å². The molecule has 0 saturated carbocycles. The van der Waals surface area contributed by atoms with Crippen LogP contribution in [0.1, 0.15) is 43.1 Å². The molecule has 11 heteroatoms. The van der Waals surface area contributed by atoms with Crippen molar-refractivity contribution in [3.63, 3.8) is 0 Å². The molecule has 0 aliphatic carbocycles. The number of aliphatic imine (C=N–C) groups is 1. The van der Waals surface area contributed by atoms with Gasteiger partial charge in [0.25, 0.3) is 5.56 Å². The lowest BCUT2D eigenvalue weighted by Gasteiger charge is -2.19. The molecule has 0 fully saturated rings. The SMILES string of the molecule is CCCc1ncnc2c1N=C(Cn1cccc(CC(=O)[C@H](CC/C=C/C(=O)N(C)C)OC(=O)N(C)C)c1=O)C2. The van der Waals surface area contributed by atoms with Crippen molar-refractivity contribution in [3.05, 3.63) is 64.1 Å². The summed E-state index contributed by atoms with van der Waals surface area (Å²) >= 11 is 0. The number of aromatic nitrogens is 3. The molecule has 39 heavy (non-hydrogen) atoms. The number of aryl methyl sites for hydroxylation is 1. The van der Waals surface area contributed by atoms with E-state index in [-0.39, 0.29) is 30.9 Å². The van der Waals surface area contributed by atoms with E-state index < -0.39 is 18.0 Å². The fourth-order valence-corrected chi connectivity index (χ4v) is 4.05. The number of ether oxygens (including phenoxy) is 1. The van der Waals surface area contributed by atoms with Gasteiger partial charge in [-0.1, -0.05) is 25.5 Å². The van der Waals surface area contributed by atoms with Gasteiger partial charge in [-0.05, 0) is 31.4 Å². The molecule has 3 rings (SSSR count). The van der Waals surface area contributed by atoms with Crippen LogP contribution < -0.4 is 5.56 Å². The third kappa shape index (κ3) is 7.92. The van der Waals surface area contributed by atoms with Crippen molar-refractivity contribution in [2.45, 2.75) is 58.1 Å². The molecule has 0 radical (unpaired) electrons. The zero-order valence-corrected chi connectivity index (χ0v) is 23.2. The van der Waals surface area contributed by atoms with Crippen molar-refractivity contribution in [1.29, 1.82) is 0 Å². The van der Waals surface area contributed by atoms with Gasteiger partial charge in [-0.15, -0.1) is 0 Å². The van der Waals surface area contributed by atoms with E-state index in [0.29, 0.717) is 18.4 Å². The van der Waals surface area contributed by atoms with E-state index in [0.717, 1.165) is 35.6 Å². The van der Waals surface area contributed by atoms with E-state index in [4.69, 9.17) is 9.73 Å². The molecule has 2 aromatic heterocycles. The molecule has 0 aromatic carbocycles. The molecular weight excluding hydrogens is 500 g/mol. The Hall–Kier alpha value is -4.15. The summed E-state index contributed by atoms with van der Waals surface area (Å²) in [6.45, 7) is 2.35. The Labute approximate surface area is 228 Å². The second kappa shape index (κ2) is 13.6. The maximum absolute atomic E-state index is 13.2. The van der Waals surface area contributed by atoms with Gasteiger partial charge in [0, 0.05) is 58.5 Å². The maximum atomic E-state index is 13.2. The Morgan fingerprint density at radius 1 is 1.15 bits per heavy atom. The number of allylic oxidation sites excluding steroid dienone is 1. The Bertz CT molecular complexity index is 1330. The van der Waals surface area contributed by atoms with Crippen molar-refractivity contribution < 1.29 is 19.1 Å². The largest absolute Gasteiger partial charge is 0.438 e. The van der Waals surface area contributed by atoms with Crippen LogP contribution in [0.15, 0.2) is 46.6 Å². The van der Waals surface area contributed by atoms with E-state index in [9.17, 15) is 19.2 Å². The third-order valence-corrected chi connectivity index (χ3v) is 6.18. The second-order valence-corrected chi connectivity index (χ2v) is 9.81.